The molecule has 0 aliphatic rings. The highest BCUT2D eigenvalue weighted by Crippen LogP contribution is 2.28. The summed E-state index contributed by atoms with van der Waals surface area (Å²) in [5.41, 5.74) is 6.19. The Labute approximate surface area is 97.8 Å². The number of nitrogens with two attached hydrogens (primary N) is 1. The van der Waals surface area contributed by atoms with Crippen LogP contribution in [0.3, 0.4) is 0 Å². The smallest absolute Gasteiger partial charge is 0.134 e. The fourth-order valence-electron chi connectivity index (χ4n) is 1.48. The quantitative estimate of drug-likeness (QED) is 0.901. The lowest BCUT2D eigenvalue weighted by molar-refractivity contribution is 0.591. The van der Waals surface area contributed by atoms with Gasteiger partial charge in [0.15, 0.2) is 0 Å². The van der Waals surface area contributed by atoms with Crippen LogP contribution >= 0.6 is 23.2 Å². The molecule has 0 fully saturated rings. The maximum Gasteiger partial charge on any atom is 0.134 e. The summed E-state index contributed by atoms with van der Waals surface area (Å²) < 4.78 is 1.74. The molecule has 0 radical (unpaired) electrons. The molecule has 1 aromatic carbocycles. The number of benzene rings is 1. The van der Waals surface area contributed by atoms with Gasteiger partial charge in [-0.05, 0) is 25.1 Å². The average molecular weight is 244 g/mol. The Morgan fingerprint density at radius 2 is 2.13 bits per heavy atom. The number of aromatic nitrogens is 2. The van der Waals surface area contributed by atoms with Crippen LogP contribution in [0, 0.1) is 0 Å². The Morgan fingerprint density at radius 3 is 2.80 bits per heavy atom. The minimum Gasteiger partial charge on any atom is -0.330 e. The molecule has 15 heavy (non-hydrogen) atoms. The molecular formula is C10H11Cl2N3. The van der Waals surface area contributed by atoms with Crippen molar-refractivity contribution >= 4 is 34.1 Å². The molecule has 0 spiro atoms. The lowest BCUT2D eigenvalue weighted by atomic mass is 10.3. The van der Waals surface area contributed by atoms with E-state index in [0.717, 1.165) is 23.9 Å². The van der Waals surface area contributed by atoms with Crippen LogP contribution in [0.5, 0.6) is 0 Å². The van der Waals surface area contributed by atoms with E-state index in [9.17, 15) is 0 Å². The summed E-state index contributed by atoms with van der Waals surface area (Å²) in [5, 5.41) is 6.49. The lowest BCUT2D eigenvalue weighted by Crippen LogP contribution is -2.06. The van der Waals surface area contributed by atoms with Crippen molar-refractivity contribution in [2.45, 2.75) is 13.0 Å². The van der Waals surface area contributed by atoms with Gasteiger partial charge in [-0.15, -0.1) is 0 Å². The number of fused-ring (bicyclic) bond motifs is 1. The van der Waals surface area contributed by atoms with E-state index in [1.54, 1.807) is 10.7 Å². The van der Waals surface area contributed by atoms with Gasteiger partial charge >= 0.3 is 0 Å². The van der Waals surface area contributed by atoms with E-state index in [0.29, 0.717) is 16.7 Å². The number of nitrogens with zero attached hydrogens (tertiary/aromatic N) is 2. The second-order valence-electron chi connectivity index (χ2n) is 3.29. The molecule has 80 valence electrons. The van der Waals surface area contributed by atoms with Crippen LogP contribution in [0.1, 0.15) is 6.42 Å². The number of aryl methyl sites for hydroxylation is 1. The van der Waals surface area contributed by atoms with Gasteiger partial charge in [-0.25, -0.2) is 0 Å². The zero-order chi connectivity index (χ0) is 10.8. The SMILES string of the molecule is NCCCn1nc2c(Cl)cccc2c1Cl. The zero-order valence-corrected chi connectivity index (χ0v) is 9.59. The summed E-state index contributed by atoms with van der Waals surface area (Å²) >= 11 is 12.2. The van der Waals surface area contributed by atoms with Crippen molar-refractivity contribution in [3.63, 3.8) is 0 Å². The summed E-state index contributed by atoms with van der Waals surface area (Å²) in [6.07, 6.45) is 0.853. The van der Waals surface area contributed by atoms with Crippen LogP contribution < -0.4 is 5.73 Å². The van der Waals surface area contributed by atoms with Crippen molar-refractivity contribution in [3.8, 4) is 0 Å². The normalized spacial score (nSPS) is 11.1. The Morgan fingerprint density at radius 1 is 1.33 bits per heavy atom. The number of halogens is 2. The minimum absolute atomic E-state index is 0.625. The molecule has 2 aromatic rings. The van der Waals surface area contributed by atoms with E-state index < -0.39 is 0 Å². The van der Waals surface area contributed by atoms with Crippen LogP contribution in [0.15, 0.2) is 18.2 Å². The summed E-state index contributed by atoms with van der Waals surface area (Å²) in [5.74, 6) is 0. The van der Waals surface area contributed by atoms with Gasteiger partial charge in [-0.3, -0.25) is 4.68 Å². The molecule has 0 saturated heterocycles. The molecule has 3 nitrogen and oxygen atoms in total. The van der Waals surface area contributed by atoms with E-state index in [-0.39, 0.29) is 0 Å². The molecule has 2 rings (SSSR count). The standard InChI is InChI=1S/C10H11Cl2N3/c11-8-4-1-3-7-9(8)14-15(10(7)12)6-2-5-13/h1,3-4H,2,5-6,13H2. The van der Waals surface area contributed by atoms with Gasteiger partial charge in [-0.1, -0.05) is 29.3 Å². The molecule has 1 aromatic heterocycles. The van der Waals surface area contributed by atoms with Crippen molar-refractivity contribution in [1.29, 1.82) is 0 Å². The molecule has 0 atom stereocenters. The Hall–Kier alpha value is -0.770. The van der Waals surface area contributed by atoms with Crippen LogP contribution in [0.4, 0.5) is 0 Å². The van der Waals surface area contributed by atoms with Gasteiger partial charge in [0.25, 0.3) is 0 Å². The van der Waals surface area contributed by atoms with Crippen LogP contribution in [0.2, 0.25) is 10.2 Å². The monoisotopic (exact) mass is 243 g/mol. The highest BCUT2D eigenvalue weighted by molar-refractivity contribution is 6.38. The first-order valence-corrected chi connectivity index (χ1v) is 5.50. The van der Waals surface area contributed by atoms with E-state index in [1.165, 1.54) is 0 Å². The van der Waals surface area contributed by atoms with Gasteiger partial charge in [0.1, 0.15) is 10.7 Å². The molecule has 0 saturated carbocycles. The van der Waals surface area contributed by atoms with Crippen molar-refractivity contribution < 1.29 is 0 Å². The van der Waals surface area contributed by atoms with E-state index in [1.807, 2.05) is 12.1 Å². The van der Waals surface area contributed by atoms with Crippen LogP contribution in [0.25, 0.3) is 10.9 Å². The van der Waals surface area contributed by atoms with Crippen LogP contribution in [-0.4, -0.2) is 16.3 Å². The minimum atomic E-state index is 0.625. The molecule has 0 amide bonds. The third-order valence-electron chi connectivity index (χ3n) is 2.23. The molecule has 5 heteroatoms. The maximum atomic E-state index is 6.17. The number of hydrogen-bond acceptors (Lipinski definition) is 2. The average Bonchev–Trinajstić information content (AvgIpc) is 2.55. The highest BCUT2D eigenvalue weighted by Gasteiger charge is 2.10. The molecule has 0 unspecified atom stereocenters. The van der Waals surface area contributed by atoms with Gasteiger partial charge in [0.05, 0.1) is 5.02 Å². The van der Waals surface area contributed by atoms with Crippen LogP contribution in [-0.2, 0) is 6.54 Å². The summed E-state index contributed by atoms with van der Waals surface area (Å²) in [6.45, 7) is 1.35. The summed E-state index contributed by atoms with van der Waals surface area (Å²) in [7, 11) is 0. The van der Waals surface area contributed by atoms with Crippen molar-refractivity contribution in [1.82, 2.24) is 9.78 Å². The van der Waals surface area contributed by atoms with Gasteiger partial charge in [0, 0.05) is 11.9 Å². The first-order valence-electron chi connectivity index (χ1n) is 4.74. The molecule has 0 bridgehead atoms. The first-order chi connectivity index (χ1) is 7.24. The van der Waals surface area contributed by atoms with Gasteiger partial charge in [0.2, 0.25) is 0 Å². The number of hydrogen-bond donors (Lipinski definition) is 1. The third kappa shape index (κ3) is 1.95. The predicted octanol–water partition coefficient (Wildman–Crippen LogP) is 2.69. The summed E-state index contributed by atoms with van der Waals surface area (Å²) in [6, 6.07) is 5.58. The fourth-order valence-corrected chi connectivity index (χ4v) is 1.96. The third-order valence-corrected chi connectivity index (χ3v) is 2.93. The zero-order valence-electron chi connectivity index (χ0n) is 8.08. The van der Waals surface area contributed by atoms with E-state index >= 15 is 0 Å². The first kappa shape index (κ1) is 10.7. The predicted molar refractivity (Wildman–Crippen MR) is 63.4 cm³/mol. The Balaban J connectivity index is 2.49. The second kappa shape index (κ2) is 4.39. The van der Waals surface area contributed by atoms with Gasteiger partial charge in [-0.2, -0.15) is 5.10 Å². The molecular weight excluding hydrogens is 233 g/mol. The van der Waals surface area contributed by atoms with Gasteiger partial charge < -0.3 is 5.73 Å². The molecule has 0 aliphatic carbocycles. The van der Waals surface area contributed by atoms with Crippen molar-refractivity contribution in [2.75, 3.05) is 6.54 Å². The Bertz CT molecular complexity index is 479. The summed E-state index contributed by atoms with van der Waals surface area (Å²) in [4.78, 5) is 0. The Kier molecular flexibility index (Phi) is 3.14. The lowest BCUT2D eigenvalue weighted by Gasteiger charge is -1.99. The van der Waals surface area contributed by atoms with E-state index in [2.05, 4.69) is 5.10 Å². The highest BCUT2D eigenvalue weighted by atomic mass is 35.5. The number of rotatable bonds is 3. The fraction of sp³-hybridized carbons (Fsp3) is 0.300. The molecule has 2 N–H and O–H groups in total. The second-order valence-corrected chi connectivity index (χ2v) is 4.06. The maximum absolute atomic E-state index is 6.17. The van der Waals surface area contributed by atoms with Crippen molar-refractivity contribution in [2.24, 2.45) is 5.73 Å². The molecule has 0 aliphatic heterocycles. The van der Waals surface area contributed by atoms with E-state index in [4.69, 9.17) is 28.9 Å². The topological polar surface area (TPSA) is 43.8 Å². The molecule has 1 heterocycles. The largest absolute Gasteiger partial charge is 0.330 e. The van der Waals surface area contributed by atoms with Crippen molar-refractivity contribution in [3.05, 3.63) is 28.4 Å².